The Morgan fingerprint density at radius 2 is 1.84 bits per heavy atom. The molecule has 10 heteroatoms. The molecule has 5 nitrogen and oxygen atoms in total. The number of rotatable bonds is 8. The quantitative estimate of drug-likeness (QED) is 0.220. The highest BCUT2D eigenvalue weighted by atomic mass is 35.5. The molecule has 1 aromatic heterocycles. The number of nitrogens with zero attached hydrogens (tertiary/aromatic N) is 2. The zero-order valence-electron chi connectivity index (χ0n) is 22.1. The normalized spacial score (nSPS) is 12.5. The smallest absolute Gasteiger partial charge is 0.416 e. The number of ether oxygens (including phenoxy) is 1. The Balaban J connectivity index is 1.68. The first kappa shape index (κ1) is 29.8. The minimum Gasteiger partial charge on any atom is -0.444 e. The van der Waals surface area contributed by atoms with Gasteiger partial charge in [0.15, 0.2) is 0 Å². The lowest BCUT2D eigenvalue weighted by atomic mass is 10.0. The minimum atomic E-state index is -4.42. The Labute approximate surface area is 231 Å². The maximum absolute atomic E-state index is 13.3. The van der Waals surface area contributed by atoms with E-state index in [-0.39, 0.29) is 0 Å². The largest absolute Gasteiger partial charge is 0.444 e. The number of aryl methyl sites for hydroxylation is 2. The second-order valence-electron chi connectivity index (χ2n) is 10.2. The molecule has 0 radical (unpaired) electrons. The van der Waals surface area contributed by atoms with E-state index in [0.717, 1.165) is 30.0 Å². The summed E-state index contributed by atoms with van der Waals surface area (Å²) in [6, 6.07) is 7.73. The van der Waals surface area contributed by atoms with E-state index in [1.54, 1.807) is 36.9 Å². The third-order valence-electron chi connectivity index (χ3n) is 5.98. The predicted molar refractivity (Wildman–Crippen MR) is 148 cm³/mol. The summed E-state index contributed by atoms with van der Waals surface area (Å²) in [5, 5.41) is 4.39. The first-order valence-corrected chi connectivity index (χ1v) is 13.0. The molecule has 0 aliphatic rings. The number of carbonyl (C=O) groups is 1. The van der Waals surface area contributed by atoms with E-state index in [2.05, 4.69) is 10.3 Å². The molecule has 0 saturated carbocycles. The van der Waals surface area contributed by atoms with Crippen LogP contribution in [0.5, 0.6) is 0 Å². The molecular formula is C28H32Cl2F3N3O2. The van der Waals surface area contributed by atoms with Crippen molar-refractivity contribution in [2.75, 3.05) is 13.1 Å². The number of unbranched alkanes of at least 4 members (excludes halogenated alkanes) is 1. The van der Waals surface area contributed by atoms with Crippen molar-refractivity contribution in [3.63, 3.8) is 0 Å². The highest BCUT2D eigenvalue weighted by molar-refractivity contribution is 6.37. The van der Waals surface area contributed by atoms with E-state index in [9.17, 15) is 18.0 Å². The number of hydrogen-bond donors (Lipinski definition) is 1. The summed E-state index contributed by atoms with van der Waals surface area (Å²) in [6.07, 6.45) is -1.32. The van der Waals surface area contributed by atoms with E-state index < -0.39 is 23.4 Å². The molecule has 2 aromatic carbocycles. The van der Waals surface area contributed by atoms with Gasteiger partial charge in [0.2, 0.25) is 0 Å². The number of fused-ring (bicyclic) bond motifs is 1. The fourth-order valence-corrected chi connectivity index (χ4v) is 4.60. The molecule has 3 aromatic rings. The number of carbonyl (C=O) groups excluding carboxylic acids is 1. The lowest BCUT2D eigenvalue weighted by Crippen LogP contribution is -2.33. The monoisotopic (exact) mass is 569 g/mol. The molecule has 0 atom stereocenters. The maximum atomic E-state index is 13.3. The molecule has 0 fully saturated rings. The summed E-state index contributed by atoms with van der Waals surface area (Å²) in [7, 11) is 1.74. The summed E-state index contributed by atoms with van der Waals surface area (Å²) in [5.74, 6) is 0. The van der Waals surface area contributed by atoms with E-state index in [1.165, 1.54) is 6.07 Å². The van der Waals surface area contributed by atoms with E-state index in [0.29, 0.717) is 51.8 Å². The maximum Gasteiger partial charge on any atom is 0.416 e. The average molecular weight is 570 g/mol. The van der Waals surface area contributed by atoms with E-state index in [1.807, 2.05) is 26.8 Å². The third kappa shape index (κ3) is 7.67. The van der Waals surface area contributed by atoms with Crippen molar-refractivity contribution < 1.29 is 22.7 Å². The van der Waals surface area contributed by atoms with E-state index in [4.69, 9.17) is 27.9 Å². The van der Waals surface area contributed by atoms with Gasteiger partial charge in [0.05, 0.1) is 10.6 Å². The number of alkyl halides is 3. The van der Waals surface area contributed by atoms with Crippen molar-refractivity contribution in [2.24, 2.45) is 12.0 Å². The van der Waals surface area contributed by atoms with Crippen molar-refractivity contribution in [1.82, 2.24) is 9.88 Å². The van der Waals surface area contributed by atoms with Gasteiger partial charge in [-0.1, -0.05) is 29.3 Å². The average Bonchev–Trinajstić information content (AvgIpc) is 3.11. The molecule has 38 heavy (non-hydrogen) atoms. The minimum absolute atomic E-state index is 0.349. The van der Waals surface area contributed by atoms with Gasteiger partial charge in [0, 0.05) is 60.0 Å². The first-order chi connectivity index (χ1) is 17.7. The van der Waals surface area contributed by atoms with Crippen LogP contribution in [0.3, 0.4) is 0 Å². The second-order valence-corrected chi connectivity index (χ2v) is 11.0. The molecule has 1 amide bonds. The lowest BCUT2D eigenvalue weighted by molar-refractivity contribution is -0.137. The standard InChI is InChI=1S/C28H32Cl2F3N3O2/c1-17-12-19(28(31,32)33)13-24-21(17)14-20(36(24)5)15-22-23(29)9-8-18(25(22)30)16-34-10-6-7-11-35-26(37)38-27(2,3)4/h8-9,12-14,16H,6-7,10-11,15H2,1-5H3,(H,35,37). The Morgan fingerprint density at radius 3 is 2.50 bits per heavy atom. The van der Waals surface area contributed by atoms with Gasteiger partial charge in [-0.05, 0) is 75.9 Å². The number of alkyl carbamates (subject to hydrolysis) is 1. The molecule has 0 bridgehead atoms. The van der Waals surface area contributed by atoms with Crippen molar-refractivity contribution in [3.8, 4) is 0 Å². The van der Waals surface area contributed by atoms with Crippen LogP contribution >= 0.6 is 23.2 Å². The molecule has 0 aliphatic heterocycles. The molecule has 1 N–H and O–H groups in total. The third-order valence-corrected chi connectivity index (χ3v) is 6.78. The SMILES string of the molecule is Cc1cc(C(F)(F)F)cc2c1cc(Cc1c(Cl)ccc(C=NCCCCNC(=O)OC(C)(C)C)c1Cl)n2C. The molecule has 3 rings (SSSR count). The lowest BCUT2D eigenvalue weighted by Gasteiger charge is -2.19. The summed E-state index contributed by atoms with van der Waals surface area (Å²) in [5.41, 5.74) is 2.01. The fraction of sp³-hybridized carbons (Fsp3) is 0.429. The number of benzene rings is 2. The van der Waals surface area contributed by atoms with Crippen molar-refractivity contribution in [1.29, 1.82) is 0 Å². The predicted octanol–water partition coefficient (Wildman–Crippen LogP) is 8.13. The van der Waals surface area contributed by atoms with Gasteiger partial charge >= 0.3 is 12.3 Å². The molecule has 1 heterocycles. The Morgan fingerprint density at radius 1 is 1.13 bits per heavy atom. The summed E-state index contributed by atoms with van der Waals surface area (Å²) < 4.78 is 46.9. The van der Waals surface area contributed by atoms with Crippen LogP contribution in [0.2, 0.25) is 10.0 Å². The number of halogens is 5. The van der Waals surface area contributed by atoms with Crippen LogP contribution in [0.1, 0.15) is 61.6 Å². The van der Waals surface area contributed by atoms with Crippen molar-refractivity contribution in [3.05, 3.63) is 68.3 Å². The first-order valence-electron chi connectivity index (χ1n) is 12.3. The van der Waals surface area contributed by atoms with Gasteiger partial charge in [-0.15, -0.1) is 0 Å². The summed E-state index contributed by atoms with van der Waals surface area (Å²) in [4.78, 5) is 16.1. The fourth-order valence-electron chi connectivity index (χ4n) is 4.05. The van der Waals surface area contributed by atoms with Crippen LogP contribution in [0, 0.1) is 6.92 Å². The van der Waals surface area contributed by atoms with Gasteiger partial charge in [0.1, 0.15) is 5.60 Å². The van der Waals surface area contributed by atoms with Crippen molar-refractivity contribution in [2.45, 2.75) is 58.7 Å². The highest BCUT2D eigenvalue weighted by Crippen LogP contribution is 2.36. The number of nitrogens with one attached hydrogen (secondary N) is 1. The zero-order valence-corrected chi connectivity index (χ0v) is 23.6. The van der Waals surface area contributed by atoms with Gasteiger partial charge < -0.3 is 14.6 Å². The number of amides is 1. The second kappa shape index (κ2) is 12.0. The van der Waals surface area contributed by atoms with Crippen LogP contribution in [0.25, 0.3) is 10.9 Å². The Kier molecular flexibility index (Phi) is 9.42. The summed E-state index contributed by atoms with van der Waals surface area (Å²) in [6.45, 7) is 8.14. The van der Waals surface area contributed by atoms with Gasteiger partial charge in [-0.25, -0.2) is 4.79 Å². The van der Waals surface area contributed by atoms with Gasteiger partial charge in [-0.2, -0.15) is 13.2 Å². The molecule has 0 saturated heterocycles. The summed E-state index contributed by atoms with van der Waals surface area (Å²) >= 11 is 13.2. The van der Waals surface area contributed by atoms with Crippen LogP contribution < -0.4 is 5.32 Å². The van der Waals surface area contributed by atoms with Gasteiger partial charge in [-0.3, -0.25) is 4.99 Å². The molecule has 206 valence electrons. The number of aliphatic imine (C=N–C) groups is 1. The van der Waals surface area contributed by atoms with Crippen LogP contribution in [0.15, 0.2) is 35.3 Å². The molecular weight excluding hydrogens is 538 g/mol. The molecule has 0 aliphatic carbocycles. The van der Waals surface area contributed by atoms with Crippen LogP contribution in [-0.2, 0) is 24.4 Å². The van der Waals surface area contributed by atoms with Crippen LogP contribution in [-0.4, -0.2) is 35.6 Å². The number of hydrogen-bond acceptors (Lipinski definition) is 3. The molecule has 0 unspecified atom stereocenters. The van der Waals surface area contributed by atoms with E-state index >= 15 is 0 Å². The topological polar surface area (TPSA) is 55.6 Å². The number of aromatic nitrogens is 1. The highest BCUT2D eigenvalue weighted by Gasteiger charge is 2.31. The van der Waals surface area contributed by atoms with Crippen molar-refractivity contribution >= 4 is 46.4 Å². The van der Waals surface area contributed by atoms with Crippen LogP contribution in [0.4, 0.5) is 18.0 Å². The molecule has 0 spiro atoms. The Bertz CT molecular complexity index is 1340. The Hall–Kier alpha value is -2.71. The van der Waals surface area contributed by atoms with Gasteiger partial charge in [0.25, 0.3) is 0 Å². The zero-order chi connectivity index (χ0) is 28.3.